The highest BCUT2D eigenvalue weighted by Crippen LogP contribution is 2.10. The molecule has 1 unspecified atom stereocenters. The lowest BCUT2D eigenvalue weighted by atomic mass is 10.2. The fourth-order valence-corrected chi connectivity index (χ4v) is 2.23. The lowest BCUT2D eigenvalue weighted by Gasteiger charge is -2.11. The number of hydrogen-bond acceptors (Lipinski definition) is 4. The first-order valence-electron chi connectivity index (χ1n) is 5.25. The van der Waals surface area contributed by atoms with Crippen molar-refractivity contribution in [3.05, 3.63) is 42.4 Å². The zero-order valence-corrected chi connectivity index (χ0v) is 10.6. The number of thiazole rings is 1. The Balaban J connectivity index is 2.15. The average molecular weight is 268 g/mol. The maximum absolute atomic E-state index is 11.9. The largest absolute Gasteiger partial charge is 0.343 e. The molecule has 0 spiro atoms. The number of carbonyl (C=O) groups is 1. The van der Waals surface area contributed by atoms with Gasteiger partial charge in [0.25, 0.3) is 11.5 Å². The van der Waals surface area contributed by atoms with Crippen LogP contribution in [0.3, 0.4) is 0 Å². The van der Waals surface area contributed by atoms with Gasteiger partial charge in [0.15, 0.2) is 0 Å². The van der Waals surface area contributed by atoms with Crippen molar-refractivity contribution in [3.63, 3.8) is 0 Å². The normalized spacial score (nSPS) is 12.3. The SMILES string of the molecule is Cc1sc(=O)[nH]c1C(=O)NC(C)c1cc(=O)[nH][nH]1. The molecule has 0 aliphatic rings. The summed E-state index contributed by atoms with van der Waals surface area (Å²) in [4.78, 5) is 36.8. The summed E-state index contributed by atoms with van der Waals surface area (Å²) in [5, 5.41) is 7.74. The van der Waals surface area contributed by atoms with Crippen LogP contribution in [-0.4, -0.2) is 21.1 Å². The van der Waals surface area contributed by atoms with Crippen molar-refractivity contribution in [1.82, 2.24) is 20.5 Å². The van der Waals surface area contributed by atoms with E-state index in [4.69, 9.17) is 0 Å². The predicted molar refractivity (Wildman–Crippen MR) is 67.0 cm³/mol. The molecule has 8 heteroatoms. The van der Waals surface area contributed by atoms with Crippen molar-refractivity contribution in [2.45, 2.75) is 19.9 Å². The van der Waals surface area contributed by atoms with E-state index in [0.717, 1.165) is 11.3 Å². The van der Waals surface area contributed by atoms with Crippen LogP contribution in [0.5, 0.6) is 0 Å². The van der Waals surface area contributed by atoms with Gasteiger partial charge in [-0.3, -0.25) is 19.5 Å². The molecule has 18 heavy (non-hydrogen) atoms. The van der Waals surface area contributed by atoms with Crippen LogP contribution >= 0.6 is 11.3 Å². The topological polar surface area (TPSA) is 111 Å². The number of H-pyrrole nitrogens is 3. The van der Waals surface area contributed by atoms with Gasteiger partial charge in [-0.1, -0.05) is 11.3 Å². The molecule has 1 atom stereocenters. The minimum Gasteiger partial charge on any atom is -0.343 e. The molecule has 0 aromatic carbocycles. The quantitative estimate of drug-likeness (QED) is 0.640. The van der Waals surface area contributed by atoms with Gasteiger partial charge in [-0.15, -0.1) is 0 Å². The molecular weight excluding hydrogens is 256 g/mol. The van der Waals surface area contributed by atoms with Crippen LogP contribution in [0.25, 0.3) is 0 Å². The Hall–Kier alpha value is -2.09. The molecule has 2 rings (SSSR count). The highest BCUT2D eigenvalue weighted by atomic mass is 32.1. The first-order valence-corrected chi connectivity index (χ1v) is 6.07. The van der Waals surface area contributed by atoms with Gasteiger partial charge in [0.2, 0.25) is 0 Å². The minimum absolute atomic E-state index is 0.258. The second-order valence-corrected chi connectivity index (χ2v) is 5.04. The summed E-state index contributed by atoms with van der Waals surface area (Å²) < 4.78 is 0. The molecule has 7 nitrogen and oxygen atoms in total. The van der Waals surface area contributed by atoms with E-state index < -0.39 is 0 Å². The van der Waals surface area contributed by atoms with Crippen LogP contribution in [0.15, 0.2) is 15.7 Å². The van der Waals surface area contributed by atoms with Crippen molar-refractivity contribution in [1.29, 1.82) is 0 Å². The first kappa shape index (κ1) is 12.4. The summed E-state index contributed by atoms with van der Waals surface area (Å²) in [5.74, 6) is -0.375. The summed E-state index contributed by atoms with van der Waals surface area (Å²) in [6, 6.07) is 1.01. The Labute approximate surface area is 105 Å². The van der Waals surface area contributed by atoms with Gasteiger partial charge in [0.05, 0.1) is 11.7 Å². The van der Waals surface area contributed by atoms with Crippen LogP contribution in [0.2, 0.25) is 0 Å². The van der Waals surface area contributed by atoms with E-state index >= 15 is 0 Å². The van der Waals surface area contributed by atoms with E-state index in [2.05, 4.69) is 20.5 Å². The molecule has 0 aliphatic heterocycles. The Morgan fingerprint density at radius 2 is 2.11 bits per heavy atom. The lowest BCUT2D eigenvalue weighted by molar-refractivity contribution is 0.0934. The zero-order chi connectivity index (χ0) is 13.3. The summed E-state index contributed by atoms with van der Waals surface area (Å²) in [6.45, 7) is 3.43. The van der Waals surface area contributed by atoms with E-state index in [9.17, 15) is 14.4 Å². The number of carbonyl (C=O) groups excluding carboxylic acids is 1. The Bertz CT molecular complexity index is 678. The van der Waals surface area contributed by atoms with E-state index in [1.54, 1.807) is 13.8 Å². The van der Waals surface area contributed by atoms with Gasteiger partial charge < -0.3 is 15.4 Å². The smallest absolute Gasteiger partial charge is 0.305 e. The van der Waals surface area contributed by atoms with E-state index in [1.807, 2.05) is 0 Å². The molecule has 1 amide bonds. The minimum atomic E-state index is -0.375. The molecule has 2 aromatic rings. The molecule has 0 aliphatic carbocycles. The van der Waals surface area contributed by atoms with Crippen molar-refractivity contribution in [3.8, 4) is 0 Å². The molecule has 2 aromatic heterocycles. The number of aromatic amines is 3. The molecular formula is C10H12N4O3S. The fourth-order valence-electron chi connectivity index (χ4n) is 1.55. The molecule has 0 fully saturated rings. The van der Waals surface area contributed by atoms with Crippen LogP contribution in [0.1, 0.15) is 34.0 Å². The number of hydrogen-bond donors (Lipinski definition) is 4. The second kappa shape index (κ2) is 4.65. The highest BCUT2D eigenvalue weighted by Gasteiger charge is 2.16. The molecule has 4 N–H and O–H groups in total. The first-order chi connectivity index (χ1) is 8.47. The third kappa shape index (κ3) is 2.43. The maximum Gasteiger partial charge on any atom is 0.305 e. The van der Waals surface area contributed by atoms with Gasteiger partial charge in [-0.25, -0.2) is 0 Å². The fraction of sp³-hybridized carbons (Fsp3) is 0.300. The van der Waals surface area contributed by atoms with Gasteiger partial charge in [0, 0.05) is 10.9 Å². The summed E-state index contributed by atoms with van der Waals surface area (Å²) in [7, 11) is 0. The Morgan fingerprint density at radius 3 is 2.61 bits per heavy atom. The van der Waals surface area contributed by atoms with Gasteiger partial charge in [0.1, 0.15) is 5.69 Å². The van der Waals surface area contributed by atoms with Crippen LogP contribution in [-0.2, 0) is 0 Å². The van der Waals surface area contributed by atoms with Gasteiger partial charge in [-0.2, -0.15) is 0 Å². The third-order valence-electron chi connectivity index (χ3n) is 2.48. The van der Waals surface area contributed by atoms with Crippen molar-refractivity contribution in [2.75, 3.05) is 0 Å². The third-order valence-corrected chi connectivity index (χ3v) is 3.28. The Morgan fingerprint density at radius 1 is 1.39 bits per heavy atom. The van der Waals surface area contributed by atoms with Crippen LogP contribution < -0.4 is 15.7 Å². The maximum atomic E-state index is 11.9. The predicted octanol–water partition coefficient (Wildman–Crippen LogP) is 0.252. The number of rotatable bonds is 3. The highest BCUT2D eigenvalue weighted by molar-refractivity contribution is 7.09. The molecule has 2 heterocycles. The van der Waals surface area contributed by atoms with Crippen LogP contribution in [0.4, 0.5) is 0 Å². The van der Waals surface area contributed by atoms with Crippen molar-refractivity contribution >= 4 is 17.2 Å². The lowest BCUT2D eigenvalue weighted by Crippen LogP contribution is -2.28. The Kier molecular flexibility index (Phi) is 3.19. The van der Waals surface area contributed by atoms with Crippen LogP contribution in [0, 0.1) is 6.92 Å². The second-order valence-electron chi connectivity index (χ2n) is 3.85. The standard InChI is InChI=1S/C10H12N4O3S/c1-4(6-3-7(15)14-13-6)11-9(16)8-5(2)18-10(17)12-8/h3-4H,1-2H3,(H,11,16)(H,12,17)(H2,13,14,15). The van der Waals surface area contributed by atoms with Crippen molar-refractivity contribution < 1.29 is 4.79 Å². The average Bonchev–Trinajstić information content (AvgIpc) is 2.84. The molecule has 0 bridgehead atoms. The monoisotopic (exact) mass is 268 g/mol. The summed E-state index contributed by atoms with van der Waals surface area (Å²) >= 11 is 0.989. The molecule has 0 saturated heterocycles. The number of aryl methyl sites for hydroxylation is 1. The summed E-state index contributed by atoms with van der Waals surface area (Å²) in [5.41, 5.74) is 0.574. The number of amides is 1. The molecule has 0 radical (unpaired) electrons. The molecule has 96 valence electrons. The van der Waals surface area contributed by atoms with E-state index in [-0.39, 0.29) is 28.1 Å². The number of nitrogens with one attached hydrogen (secondary N) is 4. The van der Waals surface area contributed by atoms with Gasteiger partial charge >= 0.3 is 4.87 Å². The van der Waals surface area contributed by atoms with Gasteiger partial charge in [-0.05, 0) is 13.8 Å². The van der Waals surface area contributed by atoms with Crippen molar-refractivity contribution in [2.24, 2.45) is 0 Å². The van der Waals surface area contributed by atoms with E-state index in [0.29, 0.717) is 10.6 Å². The zero-order valence-electron chi connectivity index (χ0n) is 9.79. The molecule has 0 saturated carbocycles. The van der Waals surface area contributed by atoms with E-state index in [1.165, 1.54) is 6.07 Å². The summed E-state index contributed by atoms with van der Waals surface area (Å²) in [6.07, 6.45) is 0. The number of aromatic nitrogens is 3.